The van der Waals surface area contributed by atoms with Crippen molar-refractivity contribution in [1.29, 1.82) is 0 Å². The van der Waals surface area contributed by atoms with Crippen LogP contribution in [0.3, 0.4) is 0 Å². The quantitative estimate of drug-likeness (QED) is 0.423. The van der Waals surface area contributed by atoms with Gasteiger partial charge in [0.2, 0.25) is 0 Å². The molecule has 0 N–H and O–H groups in total. The van der Waals surface area contributed by atoms with Crippen molar-refractivity contribution in [3.8, 4) is 0 Å². The lowest BCUT2D eigenvalue weighted by molar-refractivity contribution is -0.436. The summed E-state index contributed by atoms with van der Waals surface area (Å²) in [4.78, 5) is 0. The highest BCUT2D eigenvalue weighted by Gasteiger charge is 3.01. The maximum absolute atomic E-state index is 13.8. The molecule has 0 aliphatic carbocycles. The largest absolute Gasteiger partial charge is 0.747 e. The van der Waals surface area contributed by atoms with Gasteiger partial charge in [-0.2, -0.15) is 70.2 Å². The fraction of sp³-hybridized carbons (Fsp3) is 1.00. The maximum atomic E-state index is 13.8. The molecule has 0 heterocycles. The molecule has 0 aromatic heterocycles. The van der Waals surface area contributed by atoms with Gasteiger partial charge in [0.1, 0.15) is 10.1 Å². The van der Waals surface area contributed by atoms with Crippen LogP contribution in [0.4, 0.5) is 74.6 Å². The molecule has 29 heavy (non-hydrogen) atoms. The normalized spacial score (nSPS) is 18.6. The Kier molecular flexibility index (Phi) is 6.08. The summed E-state index contributed by atoms with van der Waals surface area (Å²) in [5.74, 6) is -18.0. The first-order chi connectivity index (χ1) is 12.0. The fourth-order valence-corrected chi connectivity index (χ4v) is 3.32. The van der Waals surface area contributed by atoms with Gasteiger partial charge in [-0.3, -0.25) is 0 Å². The molecule has 0 saturated carbocycles. The highest BCUT2D eigenvalue weighted by atomic mass is 32.2. The summed E-state index contributed by atoms with van der Waals surface area (Å²) in [7, 11) is -9.43. The Balaban J connectivity index is 8.27. The topological polar surface area (TPSA) is 57.2 Å². The predicted molar refractivity (Wildman–Crippen MR) is 50.4 cm³/mol. The Morgan fingerprint density at radius 1 is 0.448 bits per heavy atom. The molecular weight excluding hydrogens is 499 g/mol. The summed E-state index contributed by atoms with van der Waals surface area (Å²) in [5.41, 5.74) is -9.19. The van der Waals surface area contributed by atoms with E-state index in [2.05, 4.69) is 0 Å². The number of rotatable bonds is 4. The van der Waals surface area contributed by atoms with E-state index in [0.717, 1.165) is 0 Å². The van der Waals surface area contributed by atoms with Crippen LogP contribution in [0.25, 0.3) is 0 Å². The van der Waals surface area contributed by atoms with Crippen molar-refractivity contribution in [1.82, 2.24) is 0 Å². The molecule has 0 bridgehead atoms. The molecule has 0 fully saturated rings. The van der Waals surface area contributed by atoms with Gasteiger partial charge in [-0.05, 0) is 0 Å². The van der Waals surface area contributed by atoms with Crippen molar-refractivity contribution in [2.24, 2.45) is 0 Å². The molecule has 0 spiro atoms. The zero-order valence-corrected chi connectivity index (χ0v) is 12.9. The molecule has 0 radical (unpaired) electrons. The average Bonchev–Trinajstić information content (AvgIpc) is 2.30. The highest BCUT2D eigenvalue weighted by molar-refractivity contribution is 7.87. The summed E-state index contributed by atoms with van der Waals surface area (Å²) in [6, 6.07) is 0. The molecule has 0 aromatic rings. The monoisotopic (exact) mass is 499 g/mol. The molecule has 0 aliphatic heterocycles. The van der Waals surface area contributed by atoms with E-state index in [0.29, 0.717) is 0 Å². The third kappa shape index (κ3) is 3.26. The fourth-order valence-electron chi connectivity index (χ4n) is 2.02. The summed E-state index contributed by atoms with van der Waals surface area (Å²) in [6.45, 7) is 0. The van der Waals surface area contributed by atoms with Crippen LogP contribution in [0.1, 0.15) is 0 Å². The Morgan fingerprint density at radius 3 is 0.862 bits per heavy atom. The minimum atomic E-state index is -9.43. The molecule has 1 unspecified atom stereocenters. The van der Waals surface area contributed by atoms with Crippen molar-refractivity contribution in [2.75, 3.05) is 0 Å². The van der Waals surface area contributed by atoms with Gasteiger partial charge in [-0.15, -0.1) is 0 Å². The third-order valence-corrected chi connectivity index (χ3v) is 4.75. The van der Waals surface area contributed by atoms with Crippen molar-refractivity contribution in [3.63, 3.8) is 0 Å². The van der Waals surface area contributed by atoms with Crippen LogP contribution in [0, 0.1) is 0 Å². The molecule has 0 aromatic carbocycles. The second-order valence-corrected chi connectivity index (χ2v) is 6.45. The van der Waals surface area contributed by atoms with Crippen LogP contribution in [0.5, 0.6) is 0 Å². The highest BCUT2D eigenvalue weighted by Crippen LogP contribution is 2.68. The number of hydrogen-bond donors (Lipinski definition) is 0. The van der Waals surface area contributed by atoms with Crippen LogP contribution in [0.15, 0.2) is 0 Å². The van der Waals surface area contributed by atoms with Gasteiger partial charge in [0.25, 0.3) is 4.75 Å². The van der Waals surface area contributed by atoms with Gasteiger partial charge < -0.3 is 4.55 Å². The van der Waals surface area contributed by atoms with Gasteiger partial charge in [0, 0.05) is 0 Å². The maximum Gasteiger partial charge on any atom is 0.459 e. The van der Waals surface area contributed by atoms with E-state index in [4.69, 9.17) is 0 Å². The van der Waals surface area contributed by atoms with E-state index in [-0.39, 0.29) is 0 Å². The summed E-state index contributed by atoms with van der Waals surface area (Å²) < 4.78 is 239. The zero-order chi connectivity index (χ0) is 24.5. The molecule has 3 nitrogen and oxygen atoms in total. The van der Waals surface area contributed by atoms with Crippen LogP contribution in [-0.4, -0.2) is 59.9 Å². The summed E-state index contributed by atoms with van der Waals surface area (Å²) in [5, 5.41) is 0. The van der Waals surface area contributed by atoms with Crippen molar-refractivity contribution < 1.29 is 87.6 Å². The van der Waals surface area contributed by atoms with E-state index in [1.807, 2.05) is 0 Å². The number of hydrogen-bond acceptors (Lipinski definition) is 3. The number of halogens is 17. The standard InChI is InChI=1S/C8HF17O3S/c9-1(5(14,15)16,6(17,18)19)2(7(20,21)22,29(26,27)28)3(10,11)4(12,13)8(23,24)25/h(H,26,27,28)/p-1. The Bertz CT molecular complexity index is 708. The lowest BCUT2D eigenvalue weighted by Crippen LogP contribution is -2.85. The Hall–Kier alpha value is -1.28. The van der Waals surface area contributed by atoms with Crippen LogP contribution < -0.4 is 0 Å². The first-order valence-corrected chi connectivity index (χ1v) is 7.08. The van der Waals surface area contributed by atoms with Crippen LogP contribution >= 0.6 is 0 Å². The van der Waals surface area contributed by atoms with E-state index < -0.39 is 57.1 Å². The van der Waals surface area contributed by atoms with E-state index in [9.17, 15) is 87.6 Å². The average molecular weight is 499 g/mol. The van der Waals surface area contributed by atoms with Gasteiger partial charge >= 0.3 is 42.2 Å². The molecule has 0 aliphatic rings. The SMILES string of the molecule is O=S(=O)([O-])C(C(F)(F)F)(C(F)(F)C(F)(F)C(F)(F)F)C(F)(C(F)(F)F)C(F)(F)F. The van der Waals surface area contributed by atoms with Gasteiger partial charge in [-0.25, -0.2) is 12.8 Å². The van der Waals surface area contributed by atoms with E-state index in [1.165, 1.54) is 0 Å². The van der Waals surface area contributed by atoms with Crippen LogP contribution in [-0.2, 0) is 10.1 Å². The van der Waals surface area contributed by atoms with E-state index >= 15 is 0 Å². The Morgan fingerprint density at radius 2 is 0.724 bits per heavy atom. The van der Waals surface area contributed by atoms with Gasteiger partial charge in [0.05, 0.1) is 0 Å². The lowest BCUT2D eigenvalue weighted by atomic mass is 9.78. The second-order valence-electron chi connectivity index (χ2n) is 4.93. The molecule has 1 atom stereocenters. The molecule has 0 amide bonds. The molecule has 21 heteroatoms. The first-order valence-electron chi connectivity index (χ1n) is 5.67. The first kappa shape index (κ1) is 27.7. The second kappa shape index (κ2) is 6.36. The zero-order valence-electron chi connectivity index (χ0n) is 12.1. The van der Waals surface area contributed by atoms with E-state index in [1.54, 1.807) is 0 Å². The lowest BCUT2D eigenvalue weighted by Gasteiger charge is -2.51. The molecule has 0 saturated heterocycles. The van der Waals surface area contributed by atoms with Crippen molar-refractivity contribution >= 4 is 10.1 Å². The van der Waals surface area contributed by atoms with Crippen molar-refractivity contribution in [3.05, 3.63) is 0 Å². The predicted octanol–water partition coefficient (Wildman–Crippen LogP) is 4.50. The molecule has 176 valence electrons. The van der Waals surface area contributed by atoms with Gasteiger partial charge in [-0.1, -0.05) is 0 Å². The minimum Gasteiger partial charge on any atom is -0.747 e. The Labute approximate surface area is 146 Å². The molecule has 0 rings (SSSR count). The van der Waals surface area contributed by atoms with Gasteiger partial charge in [0.15, 0.2) is 0 Å². The minimum absolute atomic E-state index is 8.20. The smallest absolute Gasteiger partial charge is 0.459 e. The summed E-state index contributed by atoms with van der Waals surface area (Å²) >= 11 is 0. The summed E-state index contributed by atoms with van der Waals surface area (Å²) in [6.07, 6.45) is -34.3. The molecular formula is C8F17O3S-. The number of alkyl halides is 17. The van der Waals surface area contributed by atoms with Crippen LogP contribution in [0.2, 0.25) is 0 Å². The van der Waals surface area contributed by atoms with Crippen molar-refractivity contribution in [2.45, 2.75) is 47.0 Å². The third-order valence-electron chi connectivity index (χ3n) is 3.23.